The molecule has 0 amide bonds. The Morgan fingerprint density at radius 1 is 1.44 bits per heavy atom. The Kier molecular flexibility index (Phi) is 3.60. The zero-order valence-corrected chi connectivity index (χ0v) is 8.53. The molecule has 0 bridgehead atoms. The van der Waals surface area contributed by atoms with Gasteiger partial charge < -0.3 is 14.6 Å². The third-order valence-electron chi connectivity index (χ3n) is 1.83. The number of carboxylic acid groups (broad SMARTS) is 1. The first-order valence-electron chi connectivity index (χ1n) is 4.15. The lowest BCUT2D eigenvalue weighted by Crippen LogP contribution is -2.07. The lowest BCUT2D eigenvalue weighted by Gasteiger charge is -2.11. The van der Waals surface area contributed by atoms with Gasteiger partial charge in [-0.15, -0.1) is 0 Å². The highest BCUT2D eigenvalue weighted by Crippen LogP contribution is 2.32. The topological polar surface area (TPSA) is 68.7 Å². The number of alkyl halides is 2. The first-order valence-corrected chi connectivity index (χ1v) is 4.15. The number of aromatic carboxylic acids is 1. The molecular weight excluding hydrogens is 224 g/mol. The molecule has 88 valence electrons. The summed E-state index contributed by atoms with van der Waals surface area (Å²) in [5, 5.41) is 8.81. The normalized spacial score (nSPS) is 10.3. The summed E-state index contributed by atoms with van der Waals surface area (Å²) in [4.78, 5) is 14.3. The maximum atomic E-state index is 12.6. The molecule has 0 fully saturated rings. The highest BCUT2D eigenvalue weighted by atomic mass is 19.3. The van der Waals surface area contributed by atoms with Crippen molar-refractivity contribution < 1.29 is 28.2 Å². The summed E-state index contributed by atoms with van der Waals surface area (Å²) < 4.78 is 34.4. The van der Waals surface area contributed by atoms with E-state index in [9.17, 15) is 13.6 Å². The van der Waals surface area contributed by atoms with Crippen LogP contribution in [0.15, 0.2) is 6.07 Å². The lowest BCUT2D eigenvalue weighted by molar-refractivity contribution is 0.0691. The number of ether oxygens (including phenoxy) is 2. The fourth-order valence-corrected chi connectivity index (χ4v) is 1.15. The molecule has 0 aliphatic carbocycles. The minimum atomic E-state index is -2.94. The second kappa shape index (κ2) is 4.73. The Morgan fingerprint density at radius 2 is 2.06 bits per heavy atom. The molecule has 1 N–H and O–H groups in total. The molecule has 0 aliphatic rings. The summed E-state index contributed by atoms with van der Waals surface area (Å²) in [6, 6.07) is 1.02. The maximum Gasteiger partial charge on any atom is 0.339 e. The average Bonchev–Trinajstić information content (AvgIpc) is 2.26. The van der Waals surface area contributed by atoms with Gasteiger partial charge in [0, 0.05) is 6.07 Å². The molecule has 5 nitrogen and oxygen atoms in total. The number of carboxylic acids is 1. The van der Waals surface area contributed by atoms with Crippen molar-refractivity contribution in [2.75, 3.05) is 14.2 Å². The van der Waals surface area contributed by atoms with E-state index in [1.807, 2.05) is 0 Å². The number of pyridine rings is 1. The summed E-state index contributed by atoms with van der Waals surface area (Å²) in [5.41, 5.74) is -1.16. The molecule has 0 aromatic carbocycles. The maximum absolute atomic E-state index is 12.6. The van der Waals surface area contributed by atoms with E-state index in [1.54, 1.807) is 0 Å². The van der Waals surface area contributed by atoms with Crippen molar-refractivity contribution in [2.45, 2.75) is 6.43 Å². The molecule has 0 saturated heterocycles. The first-order chi connectivity index (χ1) is 7.51. The number of aromatic nitrogens is 1. The van der Waals surface area contributed by atoms with Crippen LogP contribution < -0.4 is 9.47 Å². The van der Waals surface area contributed by atoms with Crippen LogP contribution in [0.1, 0.15) is 22.5 Å². The molecule has 1 aromatic heterocycles. The monoisotopic (exact) mass is 233 g/mol. The lowest BCUT2D eigenvalue weighted by atomic mass is 10.2. The summed E-state index contributed by atoms with van der Waals surface area (Å²) >= 11 is 0. The number of nitrogens with zero attached hydrogens (tertiary/aromatic N) is 1. The molecule has 0 saturated carbocycles. The second-order valence-electron chi connectivity index (χ2n) is 2.74. The highest BCUT2D eigenvalue weighted by molar-refractivity contribution is 5.91. The summed E-state index contributed by atoms with van der Waals surface area (Å²) in [6.45, 7) is 0. The van der Waals surface area contributed by atoms with Gasteiger partial charge in [-0.1, -0.05) is 0 Å². The molecule has 1 heterocycles. The first kappa shape index (κ1) is 12.2. The van der Waals surface area contributed by atoms with E-state index in [4.69, 9.17) is 5.11 Å². The van der Waals surface area contributed by atoms with Crippen molar-refractivity contribution in [2.24, 2.45) is 0 Å². The Morgan fingerprint density at radius 3 is 2.44 bits per heavy atom. The number of hydrogen-bond donors (Lipinski definition) is 1. The van der Waals surface area contributed by atoms with Gasteiger partial charge in [0.25, 0.3) is 6.43 Å². The van der Waals surface area contributed by atoms with E-state index in [-0.39, 0.29) is 5.88 Å². The van der Waals surface area contributed by atoms with Crippen LogP contribution in [0.3, 0.4) is 0 Å². The smallest absolute Gasteiger partial charge is 0.339 e. The molecular formula is C9H9F2NO4. The number of halogens is 2. The largest absolute Gasteiger partial charge is 0.494 e. The van der Waals surface area contributed by atoms with Gasteiger partial charge in [0.2, 0.25) is 5.88 Å². The molecule has 0 aliphatic heterocycles. The van der Waals surface area contributed by atoms with Crippen LogP contribution in [0.4, 0.5) is 8.78 Å². The number of carbonyl (C=O) groups is 1. The average molecular weight is 233 g/mol. The van der Waals surface area contributed by atoms with Gasteiger partial charge in [-0.2, -0.15) is 0 Å². The molecule has 1 aromatic rings. The predicted octanol–water partition coefficient (Wildman–Crippen LogP) is 1.73. The Labute approximate surface area is 89.6 Å². The molecule has 0 unspecified atom stereocenters. The molecule has 16 heavy (non-hydrogen) atoms. The second-order valence-corrected chi connectivity index (χ2v) is 2.74. The van der Waals surface area contributed by atoms with Crippen molar-refractivity contribution in [3.63, 3.8) is 0 Å². The van der Waals surface area contributed by atoms with Gasteiger partial charge in [-0.05, 0) is 0 Å². The fourth-order valence-electron chi connectivity index (χ4n) is 1.15. The van der Waals surface area contributed by atoms with Crippen LogP contribution in [-0.2, 0) is 0 Å². The molecule has 7 heteroatoms. The standard InChI is InChI=1S/C9H9F2NO4/c1-15-5-3-4(9(13)14)7(16-2)6(12-5)8(10)11/h3,8H,1-2H3,(H,13,14). The number of methoxy groups -OCH3 is 2. The third-order valence-corrected chi connectivity index (χ3v) is 1.83. The van der Waals surface area contributed by atoms with Crippen LogP contribution in [0, 0.1) is 0 Å². The van der Waals surface area contributed by atoms with Gasteiger partial charge in [-0.25, -0.2) is 18.6 Å². The van der Waals surface area contributed by atoms with Crippen LogP contribution in [-0.4, -0.2) is 30.3 Å². The summed E-state index contributed by atoms with van der Waals surface area (Å²) in [5.74, 6) is -2.05. The van der Waals surface area contributed by atoms with Gasteiger partial charge in [0.1, 0.15) is 5.56 Å². The van der Waals surface area contributed by atoms with Crippen LogP contribution in [0.2, 0.25) is 0 Å². The van der Waals surface area contributed by atoms with Gasteiger partial charge >= 0.3 is 5.97 Å². The van der Waals surface area contributed by atoms with E-state index < -0.39 is 29.4 Å². The van der Waals surface area contributed by atoms with Gasteiger partial charge in [0.15, 0.2) is 11.4 Å². The minimum absolute atomic E-state index is 0.200. The van der Waals surface area contributed by atoms with E-state index in [0.717, 1.165) is 13.2 Å². The van der Waals surface area contributed by atoms with Crippen molar-refractivity contribution in [3.8, 4) is 11.6 Å². The Bertz CT molecular complexity index is 409. The van der Waals surface area contributed by atoms with Gasteiger partial charge in [-0.3, -0.25) is 0 Å². The summed E-state index contributed by atoms with van der Waals surface area (Å²) in [6.07, 6.45) is -2.94. The predicted molar refractivity (Wildman–Crippen MR) is 49.3 cm³/mol. The zero-order chi connectivity index (χ0) is 12.3. The highest BCUT2D eigenvalue weighted by Gasteiger charge is 2.24. The van der Waals surface area contributed by atoms with Crippen molar-refractivity contribution >= 4 is 5.97 Å². The SMILES string of the molecule is COc1cc(C(=O)O)c(OC)c(C(F)F)n1. The Hall–Kier alpha value is -1.92. The molecule has 0 radical (unpaired) electrons. The molecule has 0 spiro atoms. The quantitative estimate of drug-likeness (QED) is 0.857. The van der Waals surface area contributed by atoms with E-state index in [1.165, 1.54) is 7.11 Å². The van der Waals surface area contributed by atoms with Crippen molar-refractivity contribution in [1.82, 2.24) is 4.98 Å². The minimum Gasteiger partial charge on any atom is -0.494 e. The van der Waals surface area contributed by atoms with Crippen LogP contribution >= 0.6 is 0 Å². The van der Waals surface area contributed by atoms with Crippen molar-refractivity contribution in [1.29, 1.82) is 0 Å². The third kappa shape index (κ3) is 2.18. The Balaban J connectivity index is 3.46. The van der Waals surface area contributed by atoms with Crippen molar-refractivity contribution in [3.05, 3.63) is 17.3 Å². The molecule has 0 atom stereocenters. The van der Waals surface area contributed by atoms with E-state index >= 15 is 0 Å². The van der Waals surface area contributed by atoms with Crippen LogP contribution in [0.25, 0.3) is 0 Å². The zero-order valence-electron chi connectivity index (χ0n) is 8.53. The number of hydrogen-bond acceptors (Lipinski definition) is 4. The van der Waals surface area contributed by atoms with Crippen LogP contribution in [0.5, 0.6) is 11.6 Å². The molecule has 1 rings (SSSR count). The van der Waals surface area contributed by atoms with E-state index in [2.05, 4.69) is 14.5 Å². The van der Waals surface area contributed by atoms with E-state index in [0.29, 0.717) is 0 Å². The van der Waals surface area contributed by atoms with Gasteiger partial charge in [0.05, 0.1) is 14.2 Å². The number of rotatable bonds is 4. The fraction of sp³-hybridized carbons (Fsp3) is 0.333. The summed E-state index contributed by atoms with van der Waals surface area (Å²) in [7, 11) is 2.30.